The molecule has 0 saturated heterocycles. The lowest BCUT2D eigenvalue weighted by Gasteiger charge is -2.17. The van der Waals surface area contributed by atoms with Crippen LogP contribution in [0.2, 0.25) is 0 Å². The van der Waals surface area contributed by atoms with Gasteiger partial charge in [0.25, 0.3) is 6.29 Å². The maximum Gasteiger partial charge on any atom is 0.337 e. The second kappa shape index (κ2) is 7.36. The Morgan fingerprint density at radius 3 is 2.73 bits per heavy atom. The molecule has 0 N–H and O–H groups in total. The van der Waals surface area contributed by atoms with Crippen LogP contribution in [-0.4, -0.2) is 24.8 Å². The summed E-state index contributed by atoms with van der Waals surface area (Å²) in [5.41, 5.74) is 5.38. The van der Waals surface area contributed by atoms with E-state index in [4.69, 9.17) is 14.2 Å². The molecule has 5 heteroatoms. The lowest BCUT2D eigenvalue weighted by Crippen LogP contribution is -2.17. The third kappa shape index (κ3) is 3.26. The number of carbonyl (C=O) groups is 2. The summed E-state index contributed by atoms with van der Waals surface area (Å²) < 4.78 is 16.1. The summed E-state index contributed by atoms with van der Waals surface area (Å²) in [5.74, 6) is -0.860. The summed E-state index contributed by atoms with van der Waals surface area (Å²) in [4.78, 5) is 24.2. The Labute approximate surface area is 153 Å². The Hall–Kier alpha value is -2.56. The molecule has 0 aromatic heterocycles. The fourth-order valence-corrected chi connectivity index (χ4v) is 3.52. The van der Waals surface area contributed by atoms with Gasteiger partial charge in [-0.25, -0.2) is 9.59 Å². The van der Waals surface area contributed by atoms with E-state index in [0.29, 0.717) is 17.8 Å². The van der Waals surface area contributed by atoms with Crippen molar-refractivity contribution in [3.8, 4) is 0 Å². The predicted octanol–water partition coefficient (Wildman–Crippen LogP) is 3.71. The van der Waals surface area contributed by atoms with Gasteiger partial charge in [-0.2, -0.15) is 0 Å². The molecule has 138 valence electrons. The van der Waals surface area contributed by atoms with E-state index in [-0.39, 0.29) is 11.9 Å². The zero-order chi connectivity index (χ0) is 18.8. The highest BCUT2D eigenvalue weighted by atomic mass is 16.7. The molecule has 0 spiro atoms. The predicted molar refractivity (Wildman–Crippen MR) is 96.3 cm³/mol. The first-order valence-corrected chi connectivity index (χ1v) is 8.93. The lowest BCUT2D eigenvalue weighted by molar-refractivity contribution is -0.153. The van der Waals surface area contributed by atoms with Crippen LogP contribution in [0, 0.1) is 6.92 Å². The monoisotopic (exact) mass is 356 g/mol. The average molecular weight is 356 g/mol. The van der Waals surface area contributed by atoms with Gasteiger partial charge in [0.05, 0.1) is 18.4 Å². The molecule has 3 rings (SSSR count). The highest BCUT2D eigenvalue weighted by Gasteiger charge is 2.33. The van der Waals surface area contributed by atoms with Crippen molar-refractivity contribution in [3.63, 3.8) is 0 Å². The van der Waals surface area contributed by atoms with Crippen molar-refractivity contribution >= 4 is 11.9 Å². The maximum atomic E-state index is 12.5. The van der Waals surface area contributed by atoms with Gasteiger partial charge >= 0.3 is 11.9 Å². The van der Waals surface area contributed by atoms with Crippen molar-refractivity contribution < 1.29 is 23.8 Å². The number of carbonyl (C=O) groups excluding carboxylic acids is 2. The zero-order valence-corrected chi connectivity index (χ0v) is 15.6. The number of rotatable bonds is 5. The Kier molecular flexibility index (Phi) is 5.16. The third-order valence-corrected chi connectivity index (χ3v) is 5.18. The number of benzene rings is 1. The van der Waals surface area contributed by atoms with Gasteiger partial charge in [-0.3, -0.25) is 0 Å². The highest BCUT2D eigenvalue weighted by molar-refractivity contribution is 5.91. The maximum absolute atomic E-state index is 12.5. The minimum absolute atomic E-state index is 0.0774. The number of ether oxygens (including phenoxy) is 3. The van der Waals surface area contributed by atoms with E-state index in [0.717, 1.165) is 24.0 Å². The molecule has 26 heavy (non-hydrogen) atoms. The molecule has 1 aromatic carbocycles. The third-order valence-electron chi connectivity index (χ3n) is 5.18. The van der Waals surface area contributed by atoms with Crippen molar-refractivity contribution in [2.24, 2.45) is 0 Å². The van der Waals surface area contributed by atoms with E-state index in [9.17, 15) is 9.59 Å². The van der Waals surface area contributed by atoms with Crippen LogP contribution in [0.1, 0.15) is 49.8 Å². The Balaban J connectivity index is 1.89. The molecule has 1 aromatic rings. The Bertz CT molecular complexity index is 803. The van der Waals surface area contributed by atoms with Gasteiger partial charge in [-0.15, -0.1) is 0 Å². The van der Waals surface area contributed by atoms with Crippen LogP contribution in [0.4, 0.5) is 0 Å². The number of esters is 2. The molecule has 1 aliphatic carbocycles. The van der Waals surface area contributed by atoms with Crippen LogP contribution in [-0.2, 0) is 30.2 Å². The molecule has 0 amide bonds. The van der Waals surface area contributed by atoms with E-state index in [2.05, 4.69) is 19.1 Å². The largest absolute Gasteiger partial charge is 0.463 e. The summed E-state index contributed by atoms with van der Waals surface area (Å²) in [6.45, 7) is 7.64. The van der Waals surface area contributed by atoms with E-state index >= 15 is 0 Å². The summed E-state index contributed by atoms with van der Waals surface area (Å²) in [7, 11) is 0. The van der Waals surface area contributed by atoms with Crippen LogP contribution < -0.4 is 0 Å². The first-order chi connectivity index (χ1) is 12.4. The van der Waals surface area contributed by atoms with E-state index in [1.54, 1.807) is 20.8 Å². The summed E-state index contributed by atoms with van der Waals surface area (Å²) in [5, 5.41) is 0. The minimum Gasteiger partial charge on any atom is -0.463 e. The van der Waals surface area contributed by atoms with Crippen LogP contribution in [0.15, 0.2) is 41.2 Å². The number of cyclic esters (lactones) is 1. The topological polar surface area (TPSA) is 61.8 Å². The van der Waals surface area contributed by atoms with E-state index < -0.39 is 12.3 Å². The van der Waals surface area contributed by atoms with Gasteiger partial charge < -0.3 is 14.2 Å². The molecule has 0 saturated carbocycles. The summed E-state index contributed by atoms with van der Waals surface area (Å²) in [6.07, 6.45) is 2.37. The molecule has 1 heterocycles. The Morgan fingerprint density at radius 2 is 2.08 bits per heavy atom. The van der Waals surface area contributed by atoms with Crippen molar-refractivity contribution in [3.05, 3.63) is 57.9 Å². The number of fused-ring (bicyclic) bond motifs is 1. The zero-order valence-electron chi connectivity index (χ0n) is 15.6. The van der Waals surface area contributed by atoms with Crippen LogP contribution in [0.5, 0.6) is 0 Å². The summed E-state index contributed by atoms with van der Waals surface area (Å²) >= 11 is 0. The molecular formula is C21H24O5. The van der Waals surface area contributed by atoms with E-state index in [1.807, 2.05) is 6.07 Å². The fraction of sp³-hybridized carbons (Fsp3) is 0.429. The minimum atomic E-state index is -0.787. The smallest absolute Gasteiger partial charge is 0.337 e. The van der Waals surface area contributed by atoms with Crippen LogP contribution in [0.25, 0.3) is 0 Å². The first-order valence-electron chi connectivity index (χ1n) is 8.93. The first kappa shape index (κ1) is 18.2. The van der Waals surface area contributed by atoms with Crippen molar-refractivity contribution in [2.75, 3.05) is 6.61 Å². The Morgan fingerprint density at radius 1 is 1.31 bits per heavy atom. The number of hydrogen-bond donors (Lipinski definition) is 0. The van der Waals surface area contributed by atoms with Crippen LogP contribution in [0.3, 0.4) is 0 Å². The molecule has 0 bridgehead atoms. The molecule has 0 fully saturated rings. The van der Waals surface area contributed by atoms with Gasteiger partial charge in [0.15, 0.2) is 0 Å². The van der Waals surface area contributed by atoms with E-state index in [1.165, 1.54) is 17.4 Å². The van der Waals surface area contributed by atoms with Gasteiger partial charge in [0.2, 0.25) is 0 Å². The number of aryl methyl sites for hydroxylation is 1. The highest BCUT2D eigenvalue weighted by Crippen LogP contribution is 2.40. The standard InChI is InChI=1S/C21H24O5/c1-5-24-20(23)18(11-25-21-14(4)13(3)19(22)26-21)17-10-9-15-12(2)7-6-8-16(15)17/h6-8,11,17,21H,5,9-10H2,1-4H3/b18-11+. The van der Waals surface area contributed by atoms with Crippen LogP contribution >= 0.6 is 0 Å². The molecule has 2 unspecified atom stereocenters. The van der Waals surface area contributed by atoms with Gasteiger partial charge in [0, 0.05) is 17.1 Å². The van der Waals surface area contributed by atoms with Crippen molar-refractivity contribution in [2.45, 2.75) is 52.7 Å². The fourth-order valence-electron chi connectivity index (χ4n) is 3.52. The molecule has 5 nitrogen and oxygen atoms in total. The molecular weight excluding hydrogens is 332 g/mol. The van der Waals surface area contributed by atoms with Gasteiger partial charge in [-0.05, 0) is 57.2 Å². The van der Waals surface area contributed by atoms with Crippen molar-refractivity contribution in [1.29, 1.82) is 0 Å². The second-order valence-electron chi connectivity index (χ2n) is 6.71. The quantitative estimate of drug-likeness (QED) is 0.457. The average Bonchev–Trinajstić information content (AvgIpc) is 3.14. The summed E-state index contributed by atoms with van der Waals surface area (Å²) in [6, 6.07) is 6.14. The normalized spacial score (nSPS) is 22.3. The SMILES string of the molecule is CCOC(=O)/C(=C/OC1OC(=O)C(C)=C1C)C1CCc2c(C)cccc21. The molecule has 2 atom stereocenters. The van der Waals surface area contributed by atoms with Gasteiger partial charge in [-0.1, -0.05) is 18.2 Å². The second-order valence-corrected chi connectivity index (χ2v) is 6.71. The molecule has 1 aliphatic heterocycles. The molecule has 2 aliphatic rings. The van der Waals surface area contributed by atoms with Crippen molar-refractivity contribution in [1.82, 2.24) is 0 Å². The van der Waals surface area contributed by atoms with Gasteiger partial charge in [0.1, 0.15) is 0 Å². The molecule has 0 radical (unpaired) electrons. The lowest BCUT2D eigenvalue weighted by atomic mass is 9.92. The number of hydrogen-bond acceptors (Lipinski definition) is 5.